The molecule has 12 heavy (non-hydrogen) atoms. The molecule has 70 valence electrons. The Morgan fingerprint density at radius 2 is 1.83 bits per heavy atom. The Labute approximate surface area is 73.5 Å². The lowest BCUT2D eigenvalue weighted by molar-refractivity contribution is -0.0754. The minimum absolute atomic E-state index is 0.208. The summed E-state index contributed by atoms with van der Waals surface area (Å²) in [5.74, 6) is 0.208. The lowest BCUT2D eigenvalue weighted by atomic mass is 10.1. The third-order valence-electron chi connectivity index (χ3n) is 1.21. The van der Waals surface area contributed by atoms with E-state index in [9.17, 15) is 0 Å². The first-order chi connectivity index (χ1) is 5.37. The molecule has 1 unspecified atom stereocenters. The highest BCUT2D eigenvalue weighted by Gasteiger charge is 2.19. The van der Waals surface area contributed by atoms with Crippen molar-refractivity contribution in [1.82, 2.24) is 0 Å². The van der Waals surface area contributed by atoms with Crippen molar-refractivity contribution in [1.29, 1.82) is 0 Å². The lowest BCUT2D eigenvalue weighted by Crippen LogP contribution is -2.29. The Hall–Kier alpha value is -0.730. The van der Waals surface area contributed by atoms with E-state index < -0.39 is 0 Å². The zero-order valence-corrected chi connectivity index (χ0v) is 8.40. The average molecular weight is 171 g/mol. The molecule has 4 nitrogen and oxygen atoms in total. The maximum Gasteiger partial charge on any atom is 0.139 e. The van der Waals surface area contributed by atoms with E-state index in [4.69, 9.17) is 10.3 Å². The molecular formula is C8H17N3O. The van der Waals surface area contributed by atoms with Crippen LogP contribution in [0.4, 0.5) is 0 Å². The van der Waals surface area contributed by atoms with E-state index in [1.807, 2.05) is 34.6 Å². The second-order valence-corrected chi connectivity index (χ2v) is 4.07. The summed E-state index contributed by atoms with van der Waals surface area (Å²) in [7, 11) is 0. The highest BCUT2D eigenvalue weighted by atomic mass is 16.5. The van der Waals surface area contributed by atoms with Crippen molar-refractivity contribution in [2.75, 3.05) is 0 Å². The molecule has 0 heterocycles. The molecule has 0 aliphatic carbocycles. The number of hydrogen-bond donors (Lipinski definition) is 0. The van der Waals surface area contributed by atoms with Gasteiger partial charge in [0.05, 0.1) is 5.60 Å². The maximum absolute atomic E-state index is 8.26. The quantitative estimate of drug-likeness (QED) is 0.365. The standard InChI is InChI=1S/C8H17N3O/c1-6(2)7(10-11-9)12-8(3,4)5/h6-7H,1-5H3. The summed E-state index contributed by atoms with van der Waals surface area (Å²) < 4.78 is 5.52. The molecule has 0 aromatic heterocycles. The molecule has 0 N–H and O–H groups in total. The fourth-order valence-electron chi connectivity index (χ4n) is 0.706. The highest BCUT2D eigenvalue weighted by molar-refractivity contribution is 4.67. The predicted molar refractivity (Wildman–Crippen MR) is 48.6 cm³/mol. The van der Waals surface area contributed by atoms with Gasteiger partial charge in [-0.3, -0.25) is 0 Å². The van der Waals surface area contributed by atoms with Crippen molar-refractivity contribution in [3.63, 3.8) is 0 Å². The Morgan fingerprint density at radius 1 is 1.33 bits per heavy atom. The highest BCUT2D eigenvalue weighted by Crippen LogP contribution is 2.17. The fraction of sp³-hybridized carbons (Fsp3) is 1.00. The van der Waals surface area contributed by atoms with Crippen LogP contribution in [-0.2, 0) is 4.74 Å². The van der Waals surface area contributed by atoms with Crippen LogP contribution in [0.15, 0.2) is 5.11 Å². The molecule has 0 aliphatic heterocycles. The monoisotopic (exact) mass is 171 g/mol. The fourth-order valence-corrected chi connectivity index (χ4v) is 0.706. The van der Waals surface area contributed by atoms with Gasteiger partial charge in [-0.05, 0) is 32.2 Å². The molecule has 0 saturated carbocycles. The van der Waals surface area contributed by atoms with E-state index >= 15 is 0 Å². The zero-order valence-electron chi connectivity index (χ0n) is 8.40. The van der Waals surface area contributed by atoms with Crippen molar-refractivity contribution >= 4 is 0 Å². The Bertz CT molecular complexity index is 177. The SMILES string of the molecule is CC(C)C(N=[N+]=[N-])OC(C)(C)C. The van der Waals surface area contributed by atoms with Crippen molar-refractivity contribution in [2.45, 2.75) is 46.4 Å². The molecule has 0 aromatic carbocycles. The van der Waals surface area contributed by atoms with Gasteiger partial charge in [0.25, 0.3) is 0 Å². The third-order valence-corrected chi connectivity index (χ3v) is 1.21. The van der Waals surface area contributed by atoms with Crippen LogP contribution in [0, 0.1) is 5.92 Å². The van der Waals surface area contributed by atoms with Gasteiger partial charge in [-0.15, -0.1) is 0 Å². The van der Waals surface area contributed by atoms with Gasteiger partial charge in [-0.25, -0.2) is 0 Å². The predicted octanol–water partition coefficient (Wildman–Crippen LogP) is 3.09. The molecular weight excluding hydrogens is 154 g/mol. The first-order valence-corrected chi connectivity index (χ1v) is 4.09. The molecule has 0 amide bonds. The number of nitrogens with zero attached hydrogens (tertiary/aromatic N) is 3. The molecule has 0 saturated heterocycles. The summed E-state index contributed by atoms with van der Waals surface area (Å²) in [6.45, 7) is 9.75. The molecule has 0 spiro atoms. The molecule has 4 heteroatoms. The van der Waals surface area contributed by atoms with Crippen molar-refractivity contribution < 1.29 is 4.74 Å². The minimum atomic E-state index is -0.366. The summed E-state index contributed by atoms with van der Waals surface area (Å²) in [6.07, 6.45) is -0.366. The van der Waals surface area contributed by atoms with Crippen LogP contribution in [0.1, 0.15) is 34.6 Å². The van der Waals surface area contributed by atoms with Crippen LogP contribution in [0.3, 0.4) is 0 Å². The van der Waals surface area contributed by atoms with E-state index in [1.54, 1.807) is 0 Å². The first kappa shape index (κ1) is 11.3. The van der Waals surface area contributed by atoms with Crippen LogP contribution in [0.2, 0.25) is 0 Å². The van der Waals surface area contributed by atoms with Gasteiger partial charge in [-0.2, -0.15) is 0 Å². The van der Waals surface area contributed by atoms with Crippen molar-refractivity contribution in [3.8, 4) is 0 Å². The van der Waals surface area contributed by atoms with Crippen LogP contribution in [0.25, 0.3) is 10.4 Å². The Morgan fingerprint density at radius 3 is 2.08 bits per heavy atom. The van der Waals surface area contributed by atoms with E-state index in [2.05, 4.69) is 10.0 Å². The van der Waals surface area contributed by atoms with E-state index in [0.29, 0.717) is 0 Å². The number of rotatable bonds is 3. The molecule has 0 aliphatic rings. The lowest BCUT2D eigenvalue weighted by Gasteiger charge is -2.26. The van der Waals surface area contributed by atoms with Crippen LogP contribution in [0.5, 0.6) is 0 Å². The summed E-state index contributed by atoms with van der Waals surface area (Å²) >= 11 is 0. The van der Waals surface area contributed by atoms with Gasteiger partial charge in [0, 0.05) is 4.91 Å². The number of ether oxygens (including phenoxy) is 1. The van der Waals surface area contributed by atoms with Gasteiger partial charge < -0.3 is 4.74 Å². The summed E-state index contributed by atoms with van der Waals surface area (Å²) in [5, 5.41) is 3.57. The van der Waals surface area contributed by atoms with Gasteiger partial charge in [0.2, 0.25) is 0 Å². The van der Waals surface area contributed by atoms with Gasteiger partial charge in [-0.1, -0.05) is 19.0 Å². The Balaban J connectivity index is 4.24. The van der Waals surface area contributed by atoms with Crippen LogP contribution >= 0.6 is 0 Å². The maximum atomic E-state index is 8.26. The summed E-state index contributed by atoms with van der Waals surface area (Å²) in [6, 6.07) is 0. The number of hydrogen-bond acceptors (Lipinski definition) is 2. The van der Waals surface area contributed by atoms with Gasteiger partial charge in [0.15, 0.2) is 0 Å². The van der Waals surface area contributed by atoms with E-state index in [-0.39, 0.29) is 17.7 Å². The number of azide groups is 1. The molecule has 0 bridgehead atoms. The van der Waals surface area contributed by atoms with E-state index in [0.717, 1.165) is 0 Å². The molecule has 1 atom stereocenters. The Kier molecular flexibility index (Phi) is 4.07. The topological polar surface area (TPSA) is 58.0 Å². The zero-order chi connectivity index (χ0) is 9.78. The molecule has 0 radical (unpaired) electrons. The minimum Gasteiger partial charge on any atom is -0.366 e. The normalized spacial score (nSPS) is 14.2. The smallest absolute Gasteiger partial charge is 0.139 e. The second-order valence-electron chi connectivity index (χ2n) is 4.07. The average Bonchev–Trinajstić information content (AvgIpc) is 1.83. The summed E-state index contributed by atoms with van der Waals surface area (Å²) in [5.41, 5.74) is 8.00. The molecule has 0 fully saturated rings. The van der Waals surface area contributed by atoms with Crippen molar-refractivity contribution in [3.05, 3.63) is 10.4 Å². The van der Waals surface area contributed by atoms with Crippen LogP contribution in [-0.4, -0.2) is 11.8 Å². The second kappa shape index (κ2) is 4.33. The van der Waals surface area contributed by atoms with E-state index in [1.165, 1.54) is 0 Å². The largest absolute Gasteiger partial charge is 0.366 e. The molecule has 0 rings (SSSR count). The van der Waals surface area contributed by atoms with Gasteiger partial charge >= 0.3 is 0 Å². The third kappa shape index (κ3) is 4.99. The first-order valence-electron chi connectivity index (χ1n) is 4.09. The molecule has 0 aromatic rings. The summed E-state index contributed by atoms with van der Waals surface area (Å²) in [4.78, 5) is 2.74. The van der Waals surface area contributed by atoms with Gasteiger partial charge in [0.1, 0.15) is 6.23 Å². The van der Waals surface area contributed by atoms with Crippen molar-refractivity contribution in [2.24, 2.45) is 11.0 Å². The van der Waals surface area contributed by atoms with Crippen LogP contribution < -0.4 is 0 Å².